The van der Waals surface area contributed by atoms with Gasteiger partial charge in [0.05, 0.1) is 11.8 Å². The number of halogens is 2. The summed E-state index contributed by atoms with van der Waals surface area (Å²) in [6.45, 7) is 1.90. The van der Waals surface area contributed by atoms with Crippen LogP contribution in [0.5, 0.6) is 0 Å². The number of thioether (sulfide) groups is 1. The summed E-state index contributed by atoms with van der Waals surface area (Å²) in [7, 11) is 1.72. The lowest BCUT2D eigenvalue weighted by Crippen LogP contribution is -2.31. The lowest BCUT2D eigenvalue weighted by molar-refractivity contribution is -0.128. The molecule has 6 nitrogen and oxygen atoms in total. The molecule has 1 unspecified atom stereocenters. The fraction of sp³-hybridized carbons (Fsp3) is 0.211. The van der Waals surface area contributed by atoms with Gasteiger partial charge in [0.2, 0.25) is 11.1 Å². The molecule has 2 N–H and O–H groups in total. The van der Waals surface area contributed by atoms with E-state index in [-0.39, 0.29) is 23.5 Å². The van der Waals surface area contributed by atoms with Crippen molar-refractivity contribution in [3.05, 3.63) is 64.4 Å². The van der Waals surface area contributed by atoms with Crippen LogP contribution in [0.1, 0.15) is 18.5 Å². The highest BCUT2D eigenvalue weighted by molar-refractivity contribution is 9.10. The highest BCUT2D eigenvalue weighted by Gasteiger charge is 2.20. The smallest absolute Gasteiger partial charge is 0.233 e. The fourth-order valence-corrected chi connectivity index (χ4v) is 3.85. The Bertz CT molecular complexity index is 979. The van der Waals surface area contributed by atoms with E-state index in [1.807, 2.05) is 31.2 Å². The average Bonchev–Trinajstić information content (AvgIpc) is 3.06. The molecule has 0 saturated carbocycles. The van der Waals surface area contributed by atoms with E-state index in [1.54, 1.807) is 24.1 Å². The zero-order chi connectivity index (χ0) is 20.3. The number of carbonyl (C=O) groups excluding carboxylic acids is 1. The second-order valence-electron chi connectivity index (χ2n) is 6.18. The van der Waals surface area contributed by atoms with Gasteiger partial charge in [-0.05, 0) is 36.8 Å². The molecule has 1 aromatic heterocycles. The Morgan fingerprint density at radius 2 is 1.93 bits per heavy atom. The number of benzene rings is 2. The predicted octanol–water partition coefficient (Wildman–Crippen LogP) is 3.87. The van der Waals surface area contributed by atoms with Crippen LogP contribution >= 0.6 is 27.7 Å². The van der Waals surface area contributed by atoms with Crippen LogP contribution in [-0.2, 0) is 4.79 Å². The fourth-order valence-electron chi connectivity index (χ4n) is 2.61. The van der Waals surface area contributed by atoms with Crippen LogP contribution in [0, 0.1) is 5.82 Å². The van der Waals surface area contributed by atoms with Gasteiger partial charge in [0.25, 0.3) is 0 Å². The van der Waals surface area contributed by atoms with Gasteiger partial charge in [-0.1, -0.05) is 52.0 Å². The maximum atomic E-state index is 13.1. The molecule has 9 heteroatoms. The third-order valence-electron chi connectivity index (χ3n) is 4.43. The van der Waals surface area contributed by atoms with Gasteiger partial charge in [-0.3, -0.25) is 4.79 Å². The van der Waals surface area contributed by atoms with E-state index in [2.05, 4.69) is 26.1 Å². The maximum absolute atomic E-state index is 13.1. The normalized spacial score (nSPS) is 12.0. The number of rotatable bonds is 6. The molecule has 0 fully saturated rings. The quantitative estimate of drug-likeness (QED) is 0.443. The number of carbonyl (C=O) groups is 1. The van der Waals surface area contributed by atoms with Gasteiger partial charge < -0.3 is 10.7 Å². The lowest BCUT2D eigenvalue weighted by Gasteiger charge is -2.25. The average molecular weight is 464 g/mol. The van der Waals surface area contributed by atoms with Crippen LogP contribution in [0.25, 0.3) is 11.4 Å². The molecule has 3 aromatic rings. The molecule has 0 bridgehead atoms. The molecular formula is C19H19BrFN5OS. The topological polar surface area (TPSA) is 77.0 Å². The van der Waals surface area contributed by atoms with E-state index < -0.39 is 0 Å². The Morgan fingerprint density at radius 1 is 1.25 bits per heavy atom. The molecule has 0 aliphatic carbocycles. The molecule has 0 aliphatic heterocycles. The summed E-state index contributed by atoms with van der Waals surface area (Å²) in [5, 5.41) is 8.68. The third kappa shape index (κ3) is 4.36. The minimum atomic E-state index is -0.302. The zero-order valence-corrected chi connectivity index (χ0v) is 17.7. The van der Waals surface area contributed by atoms with Crippen LogP contribution in [0.4, 0.5) is 4.39 Å². The molecule has 0 spiro atoms. The van der Waals surface area contributed by atoms with Crippen molar-refractivity contribution in [2.24, 2.45) is 0 Å². The van der Waals surface area contributed by atoms with Gasteiger partial charge in [-0.25, -0.2) is 9.07 Å². The Balaban J connectivity index is 1.66. The van der Waals surface area contributed by atoms with Crippen molar-refractivity contribution >= 4 is 33.6 Å². The molecule has 146 valence electrons. The van der Waals surface area contributed by atoms with Gasteiger partial charge in [0.15, 0.2) is 5.82 Å². The maximum Gasteiger partial charge on any atom is 0.233 e. The third-order valence-corrected chi connectivity index (χ3v) is 6.05. The minimum Gasteiger partial charge on any atom is -0.338 e. The molecule has 2 aromatic carbocycles. The van der Waals surface area contributed by atoms with Crippen molar-refractivity contribution < 1.29 is 9.18 Å². The summed E-state index contributed by atoms with van der Waals surface area (Å²) >= 11 is 4.69. The number of nitrogen functional groups attached to an aromatic ring is 1. The van der Waals surface area contributed by atoms with E-state index in [1.165, 1.54) is 28.6 Å². The number of amides is 1. The molecule has 0 saturated heterocycles. The highest BCUT2D eigenvalue weighted by atomic mass is 79.9. The molecule has 0 radical (unpaired) electrons. The Morgan fingerprint density at radius 3 is 2.61 bits per heavy atom. The minimum absolute atomic E-state index is 0.0905. The van der Waals surface area contributed by atoms with Crippen molar-refractivity contribution in [1.29, 1.82) is 0 Å². The first kappa shape index (κ1) is 20.3. The van der Waals surface area contributed by atoms with E-state index in [0.717, 1.165) is 15.6 Å². The van der Waals surface area contributed by atoms with E-state index in [0.29, 0.717) is 11.0 Å². The van der Waals surface area contributed by atoms with Crippen LogP contribution in [-0.4, -0.2) is 38.5 Å². The van der Waals surface area contributed by atoms with Crippen molar-refractivity contribution in [1.82, 2.24) is 19.8 Å². The van der Waals surface area contributed by atoms with Gasteiger partial charge >= 0.3 is 0 Å². The Labute approximate surface area is 175 Å². The van der Waals surface area contributed by atoms with Crippen LogP contribution in [0.15, 0.2) is 58.2 Å². The summed E-state index contributed by atoms with van der Waals surface area (Å²) < 4.78 is 15.3. The predicted molar refractivity (Wildman–Crippen MR) is 112 cm³/mol. The zero-order valence-electron chi connectivity index (χ0n) is 15.3. The van der Waals surface area contributed by atoms with Gasteiger partial charge in [0.1, 0.15) is 5.82 Å². The molecular weight excluding hydrogens is 445 g/mol. The van der Waals surface area contributed by atoms with Crippen molar-refractivity contribution in [2.45, 2.75) is 18.1 Å². The Hall–Kier alpha value is -2.39. The molecule has 1 atom stereocenters. The second kappa shape index (κ2) is 8.74. The van der Waals surface area contributed by atoms with Gasteiger partial charge in [0, 0.05) is 17.1 Å². The SMILES string of the molecule is CC(c1ccc(F)cc1)N(C)C(=O)CSc1nnc(-c2ccccc2Br)n1N. The van der Waals surface area contributed by atoms with Gasteiger partial charge in [-0.15, -0.1) is 10.2 Å². The monoisotopic (exact) mass is 463 g/mol. The van der Waals surface area contributed by atoms with E-state index >= 15 is 0 Å². The van der Waals surface area contributed by atoms with Crippen molar-refractivity contribution in [3.8, 4) is 11.4 Å². The number of hydrogen-bond donors (Lipinski definition) is 1. The van der Waals surface area contributed by atoms with Gasteiger partial charge in [-0.2, -0.15) is 0 Å². The summed E-state index contributed by atoms with van der Waals surface area (Å²) in [6.07, 6.45) is 0. The molecule has 3 rings (SSSR count). The largest absolute Gasteiger partial charge is 0.338 e. The number of nitrogens with two attached hydrogens (primary N) is 1. The van der Waals surface area contributed by atoms with Crippen molar-refractivity contribution in [2.75, 3.05) is 18.6 Å². The molecule has 1 heterocycles. The van der Waals surface area contributed by atoms with Crippen molar-refractivity contribution in [3.63, 3.8) is 0 Å². The number of hydrogen-bond acceptors (Lipinski definition) is 5. The lowest BCUT2D eigenvalue weighted by atomic mass is 10.1. The summed E-state index contributed by atoms with van der Waals surface area (Å²) in [5.41, 5.74) is 1.68. The summed E-state index contributed by atoms with van der Waals surface area (Å²) in [4.78, 5) is 14.2. The van der Waals surface area contributed by atoms with E-state index in [9.17, 15) is 9.18 Å². The molecule has 0 aliphatic rings. The molecule has 1 amide bonds. The van der Waals surface area contributed by atoms with Crippen LogP contribution in [0.3, 0.4) is 0 Å². The Kier molecular flexibility index (Phi) is 6.35. The van der Waals surface area contributed by atoms with Crippen LogP contribution in [0.2, 0.25) is 0 Å². The number of aromatic nitrogens is 3. The standard InChI is InChI=1S/C19H19BrFN5OS/c1-12(13-7-9-14(21)10-8-13)25(2)17(27)11-28-19-24-23-18(26(19)22)15-5-3-4-6-16(15)20/h3-10,12H,11,22H2,1-2H3. The first-order valence-corrected chi connectivity index (χ1v) is 10.3. The first-order valence-electron chi connectivity index (χ1n) is 8.47. The van der Waals surface area contributed by atoms with Crippen LogP contribution < -0.4 is 5.84 Å². The highest BCUT2D eigenvalue weighted by Crippen LogP contribution is 2.28. The molecule has 28 heavy (non-hydrogen) atoms. The second-order valence-corrected chi connectivity index (χ2v) is 7.97. The summed E-state index contributed by atoms with van der Waals surface area (Å²) in [6, 6.07) is 13.5. The summed E-state index contributed by atoms with van der Waals surface area (Å²) in [5.74, 6) is 6.40. The van der Waals surface area contributed by atoms with E-state index in [4.69, 9.17) is 5.84 Å². The first-order chi connectivity index (χ1) is 13.4. The number of nitrogens with zero attached hydrogens (tertiary/aromatic N) is 4.